The van der Waals surface area contributed by atoms with Crippen LogP contribution in [0.4, 0.5) is 4.39 Å². The van der Waals surface area contributed by atoms with Gasteiger partial charge in [-0.25, -0.2) is 9.07 Å². The van der Waals surface area contributed by atoms with Crippen molar-refractivity contribution in [1.82, 2.24) is 25.3 Å². The van der Waals surface area contributed by atoms with Gasteiger partial charge in [-0.15, -0.1) is 0 Å². The second-order valence-corrected chi connectivity index (χ2v) is 8.37. The largest absolute Gasteiger partial charge is 0.356 e. The first kappa shape index (κ1) is 20.8. The van der Waals surface area contributed by atoms with Crippen LogP contribution in [0, 0.1) is 5.82 Å². The van der Waals surface area contributed by atoms with E-state index in [0.717, 1.165) is 36.3 Å². The van der Waals surface area contributed by atoms with Gasteiger partial charge in [0.05, 0.1) is 11.4 Å². The van der Waals surface area contributed by atoms with E-state index >= 15 is 0 Å². The first-order valence-corrected chi connectivity index (χ1v) is 11.2. The number of halogens is 1. The molecule has 2 fully saturated rings. The van der Waals surface area contributed by atoms with Gasteiger partial charge in [-0.05, 0) is 56.0 Å². The first-order valence-electron chi connectivity index (χ1n) is 11.2. The number of rotatable bonds is 6. The molecule has 2 aliphatic rings. The Balaban J connectivity index is 1.19. The van der Waals surface area contributed by atoms with Crippen LogP contribution >= 0.6 is 0 Å². The van der Waals surface area contributed by atoms with Crippen molar-refractivity contribution in [2.45, 2.75) is 57.0 Å². The summed E-state index contributed by atoms with van der Waals surface area (Å²) in [6, 6.07) is 9.69. The van der Waals surface area contributed by atoms with Gasteiger partial charge in [-0.3, -0.25) is 4.99 Å². The van der Waals surface area contributed by atoms with Crippen LogP contribution in [0.25, 0.3) is 5.69 Å². The van der Waals surface area contributed by atoms with E-state index in [1.807, 2.05) is 19.3 Å². The average Bonchev–Trinajstić information content (AvgIpc) is 3.47. The number of nitrogens with one attached hydrogen (secondary N) is 2. The summed E-state index contributed by atoms with van der Waals surface area (Å²) in [7, 11) is 1.83. The second-order valence-electron chi connectivity index (χ2n) is 8.37. The lowest BCUT2D eigenvalue weighted by Gasteiger charge is -2.36. The highest BCUT2D eigenvalue weighted by molar-refractivity contribution is 5.79. The molecule has 0 spiro atoms. The minimum Gasteiger partial charge on any atom is -0.356 e. The van der Waals surface area contributed by atoms with E-state index in [-0.39, 0.29) is 5.82 Å². The molecule has 2 heterocycles. The summed E-state index contributed by atoms with van der Waals surface area (Å²) in [4.78, 5) is 7.08. The lowest BCUT2D eigenvalue weighted by Crippen LogP contribution is -2.50. The van der Waals surface area contributed by atoms with Gasteiger partial charge in [-0.2, -0.15) is 5.10 Å². The summed E-state index contributed by atoms with van der Waals surface area (Å²) in [5.41, 5.74) is 1.85. The number of nitrogens with zero attached hydrogens (tertiary/aromatic N) is 4. The number of hydrogen-bond donors (Lipinski definition) is 2. The third kappa shape index (κ3) is 5.39. The van der Waals surface area contributed by atoms with Gasteiger partial charge in [0.25, 0.3) is 0 Å². The highest BCUT2D eigenvalue weighted by Crippen LogP contribution is 2.26. The Kier molecular flexibility index (Phi) is 7.00. The second kappa shape index (κ2) is 10.1. The Morgan fingerprint density at radius 2 is 1.83 bits per heavy atom. The van der Waals surface area contributed by atoms with E-state index in [2.05, 4.69) is 25.6 Å². The number of likely N-dealkylation sites (tertiary alicyclic amines) is 1. The van der Waals surface area contributed by atoms with Crippen molar-refractivity contribution in [3.63, 3.8) is 0 Å². The number of benzene rings is 1. The minimum absolute atomic E-state index is 0.238. The monoisotopic (exact) mass is 412 g/mol. The fraction of sp³-hybridized carbons (Fsp3) is 0.565. The number of aliphatic imine (C=N–C) groups is 1. The van der Waals surface area contributed by atoms with Gasteiger partial charge in [0, 0.05) is 51.4 Å². The third-order valence-corrected chi connectivity index (χ3v) is 6.34. The van der Waals surface area contributed by atoms with Crippen molar-refractivity contribution >= 4 is 5.96 Å². The van der Waals surface area contributed by atoms with E-state index in [1.165, 1.54) is 63.7 Å². The third-order valence-electron chi connectivity index (χ3n) is 6.34. The predicted octanol–water partition coefficient (Wildman–Crippen LogP) is 3.13. The number of piperidine rings is 1. The lowest BCUT2D eigenvalue weighted by atomic mass is 10.0. The fourth-order valence-corrected chi connectivity index (χ4v) is 4.61. The standard InChI is InChI=1S/C23H33FN6/c1-25-23(27-19-11-15-29(16-12-19)21-4-2-3-5-21)26-14-10-20-13-17-30(28-20)22-8-6-18(24)7-9-22/h6-9,13,17,19,21H,2-5,10-12,14-16H2,1H3,(H2,25,26,27). The molecule has 0 atom stereocenters. The summed E-state index contributed by atoms with van der Waals surface area (Å²) < 4.78 is 14.9. The van der Waals surface area contributed by atoms with Gasteiger partial charge in [-0.1, -0.05) is 12.8 Å². The number of guanidine groups is 1. The van der Waals surface area contributed by atoms with Crippen LogP contribution in [0.2, 0.25) is 0 Å². The molecular weight excluding hydrogens is 379 g/mol. The van der Waals surface area contributed by atoms with Crippen molar-refractivity contribution in [2.24, 2.45) is 4.99 Å². The van der Waals surface area contributed by atoms with E-state index in [4.69, 9.17) is 0 Å². The maximum atomic E-state index is 13.1. The zero-order chi connectivity index (χ0) is 20.8. The van der Waals surface area contributed by atoms with E-state index in [9.17, 15) is 4.39 Å². The molecule has 1 aliphatic heterocycles. The Bertz CT molecular complexity index is 816. The highest BCUT2D eigenvalue weighted by Gasteiger charge is 2.27. The van der Waals surface area contributed by atoms with E-state index in [0.29, 0.717) is 6.04 Å². The molecule has 0 unspecified atom stereocenters. The summed E-state index contributed by atoms with van der Waals surface area (Å²) >= 11 is 0. The molecule has 2 N–H and O–H groups in total. The maximum Gasteiger partial charge on any atom is 0.191 e. The molecular formula is C23H33FN6. The quantitative estimate of drug-likeness (QED) is 0.565. The van der Waals surface area contributed by atoms with E-state index in [1.54, 1.807) is 16.8 Å². The number of aromatic nitrogens is 2. The maximum absolute atomic E-state index is 13.1. The van der Waals surface area contributed by atoms with Crippen molar-refractivity contribution < 1.29 is 4.39 Å². The molecule has 1 saturated heterocycles. The molecule has 162 valence electrons. The van der Waals surface area contributed by atoms with Crippen LogP contribution < -0.4 is 10.6 Å². The Morgan fingerprint density at radius 3 is 2.53 bits per heavy atom. The zero-order valence-electron chi connectivity index (χ0n) is 17.9. The van der Waals surface area contributed by atoms with Crippen molar-refractivity contribution in [2.75, 3.05) is 26.7 Å². The first-order chi connectivity index (χ1) is 14.7. The predicted molar refractivity (Wildman–Crippen MR) is 119 cm³/mol. The van der Waals surface area contributed by atoms with Gasteiger partial charge >= 0.3 is 0 Å². The zero-order valence-corrected chi connectivity index (χ0v) is 17.9. The van der Waals surface area contributed by atoms with Gasteiger partial charge < -0.3 is 15.5 Å². The van der Waals surface area contributed by atoms with Gasteiger partial charge in [0.2, 0.25) is 0 Å². The normalized spacial score (nSPS) is 19.3. The Morgan fingerprint density at radius 1 is 1.10 bits per heavy atom. The molecule has 0 bridgehead atoms. The minimum atomic E-state index is -0.238. The van der Waals surface area contributed by atoms with Crippen molar-refractivity contribution in [3.8, 4) is 5.69 Å². The van der Waals surface area contributed by atoms with Crippen LogP contribution in [0.15, 0.2) is 41.5 Å². The molecule has 0 amide bonds. The summed E-state index contributed by atoms with van der Waals surface area (Å²) in [5, 5.41) is 11.6. The topological polar surface area (TPSA) is 57.5 Å². The molecule has 0 radical (unpaired) electrons. The van der Waals surface area contributed by atoms with Crippen LogP contribution in [-0.4, -0.2) is 59.4 Å². The molecule has 30 heavy (non-hydrogen) atoms. The smallest absolute Gasteiger partial charge is 0.191 e. The molecule has 1 saturated carbocycles. The van der Waals surface area contributed by atoms with Crippen LogP contribution in [-0.2, 0) is 6.42 Å². The van der Waals surface area contributed by atoms with Crippen molar-refractivity contribution in [1.29, 1.82) is 0 Å². The average molecular weight is 413 g/mol. The molecule has 6 nitrogen and oxygen atoms in total. The molecule has 2 aromatic rings. The SMILES string of the molecule is CN=C(NCCc1ccn(-c2ccc(F)cc2)n1)NC1CCN(C2CCCC2)CC1. The molecule has 4 rings (SSSR count). The summed E-state index contributed by atoms with van der Waals surface area (Å²) in [5.74, 6) is 0.630. The number of hydrogen-bond acceptors (Lipinski definition) is 3. The lowest BCUT2D eigenvalue weighted by molar-refractivity contribution is 0.150. The Labute approximate surface area is 178 Å². The van der Waals surface area contributed by atoms with Gasteiger partial charge in [0.1, 0.15) is 5.82 Å². The van der Waals surface area contributed by atoms with Gasteiger partial charge in [0.15, 0.2) is 5.96 Å². The van der Waals surface area contributed by atoms with E-state index < -0.39 is 0 Å². The molecule has 7 heteroatoms. The summed E-state index contributed by atoms with van der Waals surface area (Å²) in [6.07, 6.45) is 10.7. The van der Waals surface area contributed by atoms with Crippen molar-refractivity contribution in [3.05, 3.63) is 48.0 Å². The summed E-state index contributed by atoms with van der Waals surface area (Å²) in [6.45, 7) is 3.15. The van der Waals surface area contributed by atoms with Crippen LogP contribution in [0.5, 0.6) is 0 Å². The fourth-order valence-electron chi connectivity index (χ4n) is 4.61. The van der Waals surface area contributed by atoms with Crippen LogP contribution in [0.1, 0.15) is 44.2 Å². The molecule has 1 aromatic carbocycles. The molecule has 1 aliphatic carbocycles. The molecule has 1 aromatic heterocycles. The highest BCUT2D eigenvalue weighted by atomic mass is 19.1. The van der Waals surface area contributed by atoms with Crippen LogP contribution in [0.3, 0.4) is 0 Å². The Hall–Kier alpha value is -2.41.